The predicted molar refractivity (Wildman–Crippen MR) is 98.1 cm³/mol. The van der Waals surface area contributed by atoms with Crippen molar-refractivity contribution in [1.29, 1.82) is 0 Å². The van der Waals surface area contributed by atoms with Crippen LogP contribution in [0.1, 0.15) is 32.0 Å². The molecule has 0 bridgehead atoms. The van der Waals surface area contributed by atoms with Crippen molar-refractivity contribution < 1.29 is 17.9 Å². The number of aliphatic hydroxyl groups excluding tert-OH is 1. The molecule has 0 saturated carbocycles. The van der Waals surface area contributed by atoms with Gasteiger partial charge in [0.25, 0.3) is 0 Å². The van der Waals surface area contributed by atoms with Crippen molar-refractivity contribution in [3.05, 3.63) is 47.5 Å². The molecule has 0 atom stereocenters. The lowest BCUT2D eigenvalue weighted by Gasteiger charge is -2.21. The number of sulfone groups is 1. The summed E-state index contributed by atoms with van der Waals surface area (Å²) < 4.78 is 41.1. The molecule has 26 heavy (non-hydrogen) atoms. The number of hydrogen-bond acceptors (Lipinski definition) is 5. The van der Waals surface area contributed by atoms with Crippen molar-refractivity contribution in [3.63, 3.8) is 0 Å². The second-order valence-electron chi connectivity index (χ2n) is 6.40. The molecule has 1 aromatic carbocycles. The van der Waals surface area contributed by atoms with Crippen LogP contribution >= 0.6 is 0 Å². The molecule has 0 spiro atoms. The number of aliphatic hydroxyl groups is 1. The molecular weight excluding hydrogens is 357 g/mol. The summed E-state index contributed by atoms with van der Waals surface area (Å²) in [6.07, 6.45) is 1.52. The van der Waals surface area contributed by atoms with Crippen LogP contribution in [-0.4, -0.2) is 52.9 Å². The summed E-state index contributed by atoms with van der Waals surface area (Å²) in [5, 5.41) is 8.51. The zero-order chi connectivity index (χ0) is 19.3. The van der Waals surface area contributed by atoms with E-state index in [0.717, 1.165) is 0 Å². The van der Waals surface area contributed by atoms with E-state index in [-0.39, 0.29) is 24.1 Å². The summed E-state index contributed by atoms with van der Waals surface area (Å²) in [6, 6.07) is 6.30. The van der Waals surface area contributed by atoms with E-state index < -0.39 is 15.1 Å². The molecule has 144 valence electrons. The first kappa shape index (κ1) is 20.5. The lowest BCUT2D eigenvalue weighted by molar-refractivity contribution is 0.193. The average Bonchev–Trinajstić information content (AvgIpc) is 2.99. The van der Waals surface area contributed by atoms with Crippen LogP contribution in [0.5, 0.6) is 0 Å². The summed E-state index contributed by atoms with van der Waals surface area (Å²) in [7, 11) is -3.61. The molecule has 8 heteroatoms. The third-order valence-electron chi connectivity index (χ3n) is 4.31. The summed E-state index contributed by atoms with van der Waals surface area (Å²) in [5.74, 6) is -0.386. The number of benzene rings is 1. The zero-order valence-corrected chi connectivity index (χ0v) is 16.2. The molecule has 2 aromatic rings. The highest BCUT2D eigenvalue weighted by molar-refractivity contribution is 7.91. The van der Waals surface area contributed by atoms with Crippen molar-refractivity contribution in [2.45, 2.75) is 44.3 Å². The number of nitrogens with zero attached hydrogens (tertiary/aromatic N) is 3. The number of hydrogen-bond donors (Lipinski definition) is 1. The second-order valence-corrected chi connectivity index (χ2v) is 8.79. The fraction of sp³-hybridized carbons (Fsp3) is 0.500. The number of aromatic nitrogens is 2. The van der Waals surface area contributed by atoms with Crippen molar-refractivity contribution >= 4 is 9.84 Å². The fourth-order valence-corrected chi connectivity index (χ4v) is 3.75. The Hall–Kier alpha value is -1.77. The van der Waals surface area contributed by atoms with E-state index in [1.807, 2.05) is 11.8 Å². The van der Waals surface area contributed by atoms with Gasteiger partial charge < -0.3 is 9.67 Å². The molecule has 0 fully saturated rings. The van der Waals surface area contributed by atoms with E-state index in [2.05, 4.69) is 4.98 Å². The Morgan fingerprint density at radius 3 is 2.58 bits per heavy atom. The topological polar surface area (TPSA) is 75.4 Å². The standard InChI is InChI=1S/C18H26FN3O3S/c1-4-21(9-10-23)13-16-11-20-18(26(24,25)14(2)3)22(16)12-15-7-5-6-8-17(15)19/h5-8,11,14,23H,4,9-10,12-13H2,1-3H3. The van der Waals surface area contributed by atoms with Gasteiger partial charge in [0, 0.05) is 18.7 Å². The lowest BCUT2D eigenvalue weighted by Crippen LogP contribution is -2.28. The molecule has 1 N–H and O–H groups in total. The van der Waals surface area contributed by atoms with Crippen LogP contribution in [0.15, 0.2) is 35.6 Å². The summed E-state index contributed by atoms with van der Waals surface area (Å²) >= 11 is 0. The van der Waals surface area contributed by atoms with Crippen LogP contribution in [-0.2, 0) is 22.9 Å². The maximum Gasteiger partial charge on any atom is 0.228 e. The highest BCUT2D eigenvalue weighted by Gasteiger charge is 2.27. The van der Waals surface area contributed by atoms with Gasteiger partial charge in [0.2, 0.25) is 15.0 Å². The van der Waals surface area contributed by atoms with E-state index in [1.54, 1.807) is 36.6 Å². The molecule has 2 rings (SSSR count). The smallest absolute Gasteiger partial charge is 0.228 e. The Kier molecular flexibility index (Phi) is 6.91. The number of rotatable bonds is 9. The molecule has 0 unspecified atom stereocenters. The predicted octanol–water partition coefficient (Wildman–Crippen LogP) is 2.07. The van der Waals surface area contributed by atoms with E-state index in [9.17, 15) is 17.9 Å². The normalized spacial score (nSPS) is 12.3. The van der Waals surface area contributed by atoms with Gasteiger partial charge in [-0.05, 0) is 26.5 Å². The number of likely N-dealkylation sites (N-methyl/N-ethyl adjacent to an activating group) is 1. The van der Waals surface area contributed by atoms with E-state index in [4.69, 9.17) is 0 Å². The van der Waals surface area contributed by atoms with E-state index >= 15 is 0 Å². The van der Waals surface area contributed by atoms with Crippen LogP contribution in [0.3, 0.4) is 0 Å². The minimum Gasteiger partial charge on any atom is -0.395 e. The highest BCUT2D eigenvalue weighted by Crippen LogP contribution is 2.21. The Morgan fingerprint density at radius 2 is 2.00 bits per heavy atom. The molecule has 0 saturated heterocycles. The Morgan fingerprint density at radius 1 is 1.31 bits per heavy atom. The first-order valence-electron chi connectivity index (χ1n) is 8.66. The van der Waals surface area contributed by atoms with Crippen LogP contribution in [0, 0.1) is 5.82 Å². The molecule has 0 aliphatic rings. The largest absolute Gasteiger partial charge is 0.395 e. The maximum atomic E-state index is 14.1. The molecule has 1 aromatic heterocycles. The van der Waals surface area contributed by atoms with Gasteiger partial charge in [-0.25, -0.2) is 17.8 Å². The Bertz CT molecular complexity index is 834. The monoisotopic (exact) mass is 383 g/mol. The van der Waals surface area contributed by atoms with Crippen LogP contribution in [0.4, 0.5) is 4.39 Å². The highest BCUT2D eigenvalue weighted by atomic mass is 32.2. The molecule has 0 amide bonds. The van der Waals surface area contributed by atoms with Gasteiger partial charge in [0.1, 0.15) is 5.82 Å². The number of halogens is 1. The fourth-order valence-electron chi connectivity index (χ4n) is 2.64. The average molecular weight is 383 g/mol. The third kappa shape index (κ3) is 4.49. The van der Waals surface area contributed by atoms with E-state index in [1.165, 1.54) is 12.3 Å². The first-order chi connectivity index (χ1) is 12.3. The summed E-state index contributed by atoms with van der Waals surface area (Å²) in [4.78, 5) is 6.12. The van der Waals surface area contributed by atoms with Crippen molar-refractivity contribution in [2.75, 3.05) is 19.7 Å². The van der Waals surface area contributed by atoms with Crippen LogP contribution < -0.4 is 0 Å². The lowest BCUT2D eigenvalue weighted by atomic mass is 10.2. The molecular formula is C18H26FN3O3S. The number of imidazole rings is 1. The van der Waals surface area contributed by atoms with Crippen LogP contribution in [0.25, 0.3) is 0 Å². The van der Waals surface area contributed by atoms with Crippen molar-refractivity contribution in [2.24, 2.45) is 0 Å². The Balaban J connectivity index is 2.49. The molecule has 1 heterocycles. The van der Waals surface area contributed by atoms with Crippen molar-refractivity contribution in [1.82, 2.24) is 14.5 Å². The van der Waals surface area contributed by atoms with E-state index in [0.29, 0.717) is 30.9 Å². The van der Waals surface area contributed by atoms with Gasteiger partial charge in [-0.3, -0.25) is 4.90 Å². The first-order valence-corrected chi connectivity index (χ1v) is 10.2. The quantitative estimate of drug-likeness (QED) is 0.717. The summed E-state index contributed by atoms with van der Waals surface area (Å²) in [5.41, 5.74) is 1.07. The molecule has 0 radical (unpaired) electrons. The maximum absolute atomic E-state index is 14.1. The summed E-state index contributed by atoms with van der Waals surface area (Å²) in [6.45, 7) is 6.82. The van der Waals surface area contributed by atoms with Gasteiger partial charge in [0.05, 0.1) is 30.3 Å². The van der Waals surface area contributed by atoms with Gasteiger partial charge >= 0.3 is 0 Å². The van der Waals surface area contributed by atoms with Gasteiger partial charge in [-0.1, -0.05) is 25.1 Å². The molecule has 0 aliphatic carbocycles. The minimum absolute atomic E-state index is 0.00639. The zero-order valence-electron chi connectivity index (χ0n) is 15.4. The van der Waals surface area contributed by atoms with Crippen molar-refractivity contribution in [3.8, 4) is 0 Å². The molecule has 0 aliphatic heterocycles. The minimum atomic E-state index is -3.61. The molecule has 6 nitrogen and oxygen atoms in total. The van der Waals surface area contributed by atoms with Gasteiger partial charge in [-0.15, -0.1) is 0 Å². The SMILES string of the molecule is CCN(CCO)Cc1cnc(S(=O)(=O)C(C)C)n1Cc1ccccc1F. The second kappa shape index (κ2) is 8.75. The Labute approximate surface area is 154 Å². The van der Waals surface area contributed by atoms with Gasteiger partial charge in [0.15, 0.2) is 0 Å². The van der Waals surface area contributed by atoms with Crippen LogP contribution in [0.2, 0.25) is 0 Å². The van der Waals surface area contributed by atoms with Gasteiger partial charge in [-0.2, -0.15) is 0 Å². The third-order valence-corrected chi connectivity index (χ3v) is 6.39.